The number of piperazine rings is 1. The normalized spacial score (nSPS) is 25.2. The van der Waals surface area contributed by atoms with E-state index in [0.717, 1.165) is 24.0 Å². The second-order valence-electron chi connectivity index (χ2n) is 9.19. The van der Waals surface area contributed by atoms with Crippen LogP contribution >= 0.6 is 11.6 Å². The molecule has 10 nitrogen and oxygen atoms in total. The van der Waals surface area contributed by atoms with Crippen molar-refractivity contribution in [3.05, 3.63) is 85.4 Å². The van der Waals surface area contributed by atoms with Gasteiger partial charge in [0.05, 0.1) is 27.9 Å². The van der Waals surface area contributed by atoms with E-state index in [2.05, 4.69) is 15.1 Å². The summed E-state index contributed by atoms with van der Waals surface area (Å²) in [6, 6.07) is 14.7. The molecule has 35 heavy (non-hydrogen) atoms. The lowest BCUT2D eigenvalue weighted by molar-refractivity contribution is -0.384. The molecule has 3 aliphatic heterocycles. The van der Waals surface area contributed by atoms with Crippen molar-refractivity contribution in [2.24, 2.45) is 0 Å². The Morgan fingerprint density at radius 2 is 1.71 bits per heavy atom. The van der Waals surface area contributed by atoms with Crippen molar-refractivity contribution in [1.29, 1.82) is 0 Å². The number of halogens is 1. The SMILES string of the molecule is O=C(c1ccc(Cl)c([N+](=O)[O-])c1)C1NC2CC1N1CN(c3ccc([N+](=O)[O-])c4ccccc34)CC21. The van der Waals surface area contributed by atoms with Gasteiger partial charge in [0.15, 0.2) is 5.78 Å². The Bertz CT molecular complexity index is 1410. The van der Waals surface area contributed by atoms with Gasteiger partial charge in [0.1, 0.15) is 5.02 Å². The van der Waals surface area contributed by atoms with Gasteiger partial charge in [-0.1, -0.05) is 29.8 Å². The summed E-state index contributed by atoms with van der Waals surface area (Å²) in [7, 11) is 0. The molecule has 3 heterocycles. The third kappa shape index (κ3) is 3.36. The first kappa shape index (κ1) is 21.9. The molecular formula is C24H20ClN5O5. The molecule has 0 saturated carbocycles. The molecule has 3 aliphatic rings. The summed E-state index contributed by atoms with van der Waals surface area (Å²) in [5, 5.41) is 27.6. The second kappa shape index (κ2) is 7.98. The highest BCUT2D eigenvalue weighted by Crippen LogP contribution is 2.42. The zero-order chi connectivity index (χ0) is 24.4. The van der Waals surface area contributed by atoms with Gasteiger partial charge in [0.2, 0.25) is 0 Å². The number of nitro groups is 2. The predicted octanol–water partition coefficient (Wildman–Crippen LogP) is 3.75. The van der Waals surface area contributed by atoms with Crippen LogP contribution < -0.4 is 10.2 Å². The number of fused-ring (bicyclic) bond motifs is 6. The molecule has 2 bridgehead atoms. The molecule has 3 fully saturated rings. The lowest BCUT2D eigenvalue weighted by atomic mass is 9.98. The summed E-state index contributed by atoms with van der Waals surface area (Å²) < 4.78 is 0. The fourth-order valence-electron chi connectivity index (χ4n) is 5.91. The molecule has 0 aromatic heterocycles. The van der Waals surface area contributed by atoms with Gasteiger partial charge in [0, 0.05) is 53.4 Å². The number of benzene rings is 3. The molecule has 178 valence electrons. The molecule has 4 atom stereocenters. The summed E-state index contributed by atoms with van der Waals surface area (Å²) in [6.45, 7) is 1.34. The van der Waals surface area contributed by atoms with E-state index in [0.29, 0.717) is 12.1 Å². The standard InChI is InChI=1S/C24H20ClN5O5/c25-16-6-5-13(9-20(16)30(34)35)24(31)23-21-10-17(26-23)22-11-27(12-28(21)22)18-7-8-19(29(32)33)15-4-2-1-3-14(15)18/h1-9,17,21-23,26H,10-12H2. The smallest absolute Gasteiger partial charge is 0.288 e. The molecule has 4 unspecified atom stereocenters. The number of nitro benzene ring substituents is 2. The average molecular weight is 494 g/mol. The van der Waals surface area contributed by atoms with Crippen molar-refractivity contribution in [2.45, 2.75) is 30.6 Å². The van der Waals surface area contributed by atoms with E-state index in [9.17, 15) is 25.0 Å². The summed E-state index contributed by atoms with van der Waals surface area (Å²) in [4.78, 5) is 39.6. The van der Waals surface area contributed by atoms with Crippen LogP contribution in [0.15, 0.2) is 54.6 Å². The molecule has 0 aliphatic carbocycles. The quantitative estimate of drug-likeness (QED) is 0.324. The van der Waals surface area contributed by atoms with Gasteiger partial charge in [0.25, 0.3) is 11.4 Å². The van der Waals surface area contributed by atoms with Crippen molar-refractivity contribution in [1.82, 2.24) is 10.2 Å². The highest BCUT2D eigenvalue weighted by molar-refractivity contribution is 6.32. The van der Waals surface area contributed by atoms with Crippen LogP contribution in [0.1, 0.15) is 16.8 Å². The lowest BCUT2D eigenvalue weighted by Gasteiger charge is -2.33. The van der Waals surface area contributed by atoms with E-state index >= 15 is 0 Å². The first-order valence-corrected chi connectivity index (χ1v) is 11.6. The summed E-state index contributed by atoms with van der Waals surface area (Å²) in [5.41, 5.74) is 0.987. The number of anilines is 1. The fourth-order valence-corrected chi connectivity index (χ4v) is 6.10. The average Bonchev–Trinajstić information content (AvgIpc) is 3.55. The number of non-ortho nitro benzene ring substituents is 1. The highest BCUT2D eigenvalue weighted by Gasteiger charge is 2.56. The lowest BCUT2D eigenvalue weighted by Crippen LogP contribution is -2.57. The first-order chi connectivity index (χ1) is 16.8. The molecule has 3 saturated heterocycles. The summed E-state index contributed by atoms with van der Waals surface area (Å²) in [6.07, 6.45) is 0.825. The second-order valence-corrected chi connectivity index (χ2v) is 9.60. The van der Waals surface area contributed by atoms with Crippen LogP contribution in [0.5, 0.6) is 0 Å². The van der Waals surface area contributed by atoms with Gasteiger partial charge in [-0.05, 0) is 30.7 Å². The molecule has 0 amide bonds. The van der Waals surface area contributed by atoms with Crippen LogP contribution in [0.3, 0.4) is 0 Å². The molecule has 6 rings (SSSR count). The summed E-state index contributed by atoms with van der Waals surface area (Å²) >= 11 is 5.91. The predicted molar refractivity (Wildman–Crippen MR) is 130 cm³/mol. The molecule has 1 N–H and O–H groups in total. The third-order valence-electron chi connectivity index (χ3n) is 7.46. The van der Waals surface area contributed by atoms with E-state index in [1.54, 1.807) is 24.3 Å². The highest BCUT2D eigenvalue weighted by atomic mass is 35.5. The minimum absolute atomic E-state index is 0.00183. The Hall–Kier alpha value is -3.60. The van der Waals surface area contributed by atoms with Crippen molar-refractivity contribution in [3.8, 4) is 0 Å². The molecule has 0 radical (unpaired) electrons. The first-order valence-electron chi connectivity index (χ1n) is 11.2. The van der Waals surface area contributed by atoms with Crippen LogP contribution in [-0.4, -0.2) is 57.9 Å². The molecular weight excluding hydrogens is 474 g/mol. The Morgan fingerprint density at radius 1 is 0.971 bits per heavy atom. The van der Waals surface area contributed by atoms with Crippen molar-refractivity contribution in [2.75, 3.05) is 18.1 Å². The maximum Gasteiger partial charge on any atom is 0.288 e. The van der Waals surface area contributed by atoms with Crippen LogP contribution in [0.2, 0.25) is 5.02 Å². The van der Waals surface area contributed by atoms with E-state index in [4.69, 9.17) is 11.6 Å². The van der Waals surface area contributed by atoms with E-state index in [1.807, 2.05) is 12.1 Å². The Balaban J connectivity index is 1.27. The molecule has 3 aromatic rings. The monoisotopic (exact) mass is 493 g/mol. The largest absolute Gasteiger partial charge is 0.356 e. The van der Waals surface area contributed by atoms with Crippen LogP contribution in [0, 0.1) is 20.2 Å². The van der Waals surface area contributed by atoms with Crippen LogP contribution in [0.25, 0.3) is 10.8 Å². The number of carbonyl (C=O) groups is 1. The molecule has 11 heteroatoms. The number of nitrogens with one attached hydrogen (secondary N) is 1. The summed E-state index contributed by atoms with van der Waals surface area (Å²) in [5.74, 6) is -0.185. The third-order valence-corrected chi connectivity index (χ3v) is 7.78. The Labute approximate surface area is 204 Å². The molecule has 3 aromatic carbocycles. The van der Waals surface area contributed by atoms with Crippen molar-refractivity contribution < 1.29 is 14.6 Å². The Kier molecular flexibility index (Phi) is 4.99. The number of ketones is 1. The van der Waals surface area contributed by atoms with E-state index in [1.165, 1.54) is 18.2 Å². The van der Waals surface area contributed by atoms with Crippen molar-refractivity contribution >= 4 is 45.2 Å². The minimum Gasteiger partial charge on any atom is -0.356 e. The number of hydrogen-bond acceptors (Lipinski definition) is 8. The minimum atomic E-state index is -0.587. The van der Waals surface area contributed by atoms with Gasteiger partial charge in [-0.25, -0.2) is 0 Å². The van der Waals surface area contributed by atoms with Gasteiger partial charge in [-0.15, -0.1) is 0 Å². The number of hydrogen-bond donors (Lipinski definition) is 1. The van der Waals surface area contributed by atoms with Crippen LogP contribution in [-0.2, 0) is 0 Å². The maximum atomic E-state index is 13.3. The topological polar surface area (TPSA) is 122 Å². The van der Waals surface area contributed by atoms with Gasteiger partial charge in [-0.3, -0.25) is 29.9 Å². The zero-order valence-electron chi connectivity index (χ0n) is 18.3. The van der Waals surface area contributed by atoms with E-state index < -0.39 is 11.0 Å². The number of rotatable bonds is 5. The van der Waals surface area contributed by atoms with E-state index in [-0.39, 0.29) is 50.8 Å². The number of carbonyl (C=O) groups excluding carboxylic acids is 1. The number of Topliss-reactive ketones (excluding diaryl/α,β-unsaturated/α-hetero) is 1. The zero-order valence-corrected chi connectivity index (χ0v) is 19.1. The van der Waals surface area contributed by atoms with Gasteiger partial charge < -0.3 is 10.2 Å². The van der Waals surface area contributed by atoms with Crippen LogP contribution in [0.4, 0.5) is 17.1 Å². The Morgan fingerprint density at radius 3 is 2.46 bits per heavy atom. The van der Waals surface area contributed by atoms with Crippen molar-refractivity contribution in [3.63, 3.8) is 0 Å². The number of nitrogens with zero attached hydrogens (tertiary/aromatic N) is 4. The van der Waals surface area contributed by atoms with Gasteiger partial charge in [-0.2, -0.15) is 0 Å². The fraction of sp³-hybridized carbons (Fsp3) is 0.292. The maximum absolute atomic E-state index is 13.3. The molecule has 0 spiro atoms. The van der Waals surface area contributed by atoms with Gasteiger partial charge >= 0.3 is 0 Å².